The van der Waals surface area contributed by atoms with Crippen LogP contribution in [0.3, 0.4) is 0 Å². The quantitative estimate of drug-likeness (QED) is 0.851. The van der Waals surface area contributed by atoms with Gasteiger partial charge in [0, 0.05) is 18.5 Å². The summed E-state index contributed by atoms with van der Waals surface area (Å²) in [6, 6.07) is 2.89. The monoisotopic (exact) mass is 332 g/mol. The normalized spacial score (nSPS) is 20.0. The summed E-state index contributed by atoms with van der Waals surface area (Å²) in [7, 11) is 0. The third kappa shape index (κ3) is 3.82. The van der Waals surface area contributed by atoms with Crippen molar-refractivity contribution in [3.05, 3.63) is 17.5 Å². The molecule has 0 aromatic carbocycles. The maximum Gasteiger partial charge on any atom is 0.225 e. The highest BCUT2D eigenvalue weighted by atomic mass is 16.2. The van der Waals surface area contributed by atoms with Crippen LogP contribution in [-0.4, -0.2) is 51.2 Å². The van der Waals surface area contributed by atoms with E-state index in [0.29, 0.717) is 6.04 Å². The fourth-order valence-corrected chi connectivity index (χ4v) is 3.95. The molecule has 3 heterocycles. The zero-order valence-corrected chi connectivity index (χ0v) is 15.7. The third-order valence-corrected chi connectivity index (χ3v) is 5.53. The summed E-state index contributed by atoms with van der Waals surface area (Å²) in [4.78, 5) is 16.8. The SMILES string of the molecule is CC(C)C(=O)N1CCn2nc(CC3CCN(C(C)C)CC3)cc2C1. The van der Waals surface area contributed by atoms with Gasteiger partial charge in [-0.2, -0.15) is 5.10 Å². The standard InChI is InChI=1S/C19H32N4O/c1-14(2)19(24)22-9-10-23-18(13-22)12-17(20-23)11-16-5-7-21(8-6-16)15(3)4/h12,14-16H,5-11,13H2,1-4H3. The Labute approximate surface area is 146 Å². The van der Waals surface area contributed by atoms with Gasteiger partial charge < -0.3 is 9.80 Å². The highest BCUT2D eigenvalue weighted by Crippen LogP contribution is 2.24. The van der Waals surface area contributed by atoms with Crippen LogP contribution in [0.15, 0.2) is 6.07 Å². The number of piperidine rings is 1. The summed E-state index contributed by atoms with van der Waals surface area (Å²) < 4.78 is 2.11. The lowest BCUT2D eigenvalue weighted by Gasteiger charge is -2.34. The average molecular weight is 332 g/mol. The molecule has 0 spiro atoms. The van der Waals surface area contributed by atoms with Gasteiger partial charge in [0.25, 0.3) is 0 Å². The summed E-state index contributed by atoms with van der Waals surface area (Å²) in [6.07, 6.45) is 3.64. The Balaban J connectivity index is 1.57. The van der Waals surface area contributed by atoms with E-state index in [0.717, 1.165) is 32.0 Å². The van der Waals surface area contributed by atoms with Crippen LogP contribution < -0.4 is 0 Å². The minimum Gasteiger partial charge on any atom is -0.335 e. The number of carbonyl (C=O) groups is 1. The lowest BCUT2D eigenvalue weighted by molar-refractivity contribution is -0.136. The number of hydrogen-bond donors (Lipinski definition) is 0. The van der Waals surface area contributed by atoms with Crippen LogP contribution in [0.4, 0.5) is 0 Å². The van der Waals surface area contributed by atoms with Crippen molar-refractivity contribution in [3.8, 4) is 0 Å². The Hall–Kier alpha value is -1.36. The molecule has 0 N–H and O–H groups in total. The van der Waals surface area contributed by atoms with Crippen LogP contribution in [0.2, 0.25) is 0 Å². The Morgan fingerprint density at radius 3 is 2.50 bits per heavy atom. The molecule has 0 bridgehead atoms. The van der Waals surface area contributed by atoms with E-state index in [9.17, 15) is 4.79 Å². The summed E-state index contributed by atoms with van der Waals surface area (Å²) in [6.45, 7) is 13.3. The molecule has 1 saturated heterocycles. The summed E-state index contributed by atoms with van der Waals surface area (Å²) in [5.41, 5.74) is 2.41. The largest absolute Gasteiger partial charge is 0.335 e. The van der Waals surface area contributed by atoms with Crippen molar-refractivity contribution >= 4 is 5.91 Å². The molecule has 0 unspecified atom stereocenters. The second-order valence-electron chi connectivity index (χ2n) is 8.04. The average Bonchev–Trinajstić information content (AvgIpc) is 2.95. The van der Waals surface area contributed by atoms with Gasteiger partial charge >= 0.3 is 0 Å². The first-order valence-corrected chi connectivity index (χ1v) is 9.52. The molecular formula is C19H32N4O. The molecule has 0 atom stereocenters. The molecule has 1 aromatic rings. The van der Waals surface area contributed by atoms with Crippen LogP contribution >= 0.6 is 0 Å². The van der Waals surface area contributed by atoms with Gasteiger partial charge in [0.1, 0.15) is 0 Å². The van der Waals surface area contributed by atoms with E-state index in [1.54, 1.807) is 0 Å². The first-order valence-electron chi connectivity index (χ1n) is 9.52. The fourth-order valence-electron chi connectivity index (χ4n) is 3.95. The number of nitrogens with zero attached hydrogens (tertiary/aromatic N) is 4. The zero-order valence-electron chi connectivity index (χ0n) is 15.7. The van der Waals surface area contributed by atoms with Crippen LogP contribution in [0.1, 0.15) is 51.9 Å². The van der Waals surface area contributed by atoms with Crippen molar-refractivity contribution in [2.75, 3.05) is 19.6 Å². The second-order valence-corrected chi connectivity index (χ2v) is 8.04. The van der Waals surface area contributed by atoms with E-state index < -0.39 is 0 Å². The van der Waals surface area contributed by atoms with Gasteiger partial charge in [0.05, 0.1) is 24.5 Å². The van der Waals surface area contributed by atoms with Crippen molar-refractivity contribution in [2.45, 2.75) is 66.1 Å². The molecule has 2 aliphatic heterocycles. The van der Waals surface area contributed by atoms with E-state index in [1.165, 1.54) is 37.3 Å². The van der Waals surface area contributed by atoms with Crippen LogP contribution in [-0.2, 0) is 24.3 Å². The predicted octanol–water partition coefficient (Wildman–Crippen LogP) is 2.54. The molecule has 24 heavy (non-hydrogen) atoms. The molecule has 5 nitrogen and oxygen atoms in total. The lowest BCUT2D eigenvalue weighted by Crippen LogP contribution is -2.40. The molecule has 0 aliphatic carbocycles. The molecule has 134 valence electrons. The number of hydrogen-bond acceptors (Lipinski definition) is 3. The number of likely N-dealkylation sites (tertiary alicyclic amines) is 1. The number of amides is 1. The van der Waals surface area contributed by atoms with Gasteiger partial charge in [0.15, 0.2) is 0 Å². The molecule has 0 saturated carbocycles. The Bertz CT molecular complexity index is 570. The molecule has 5 heteroatoms. The minimum atomic E-state index is 0.0742. The van der Waals surface area contributed by atoms with Crippen LogP contribution in [0, 0.1) is 11.8 Å². The maximum atomic E-state index is 12.2. The number of fused-ring (bicyclic) bond motifs is 1. The van der Waals surface area contributed by atoms with E-state index in [-0.39, 0.29) is 11.8 Å². The fraction of sp³-hybridized carbons (Fsp3) is 0.789. The Morgan fingerprint density at radius 2 is 1.88 bits per heavy atom. The van der Waals surface area contributed by atoms with Gasteiger partial charge in [-0.25, -0.2) is 0 Å². The van der Waals surface area contributed by atoms with Crippen LogP contribution in [0.5, 0.6) is 0 Å². The van der Waals surface area contributed by atoms with Crippen LogP contribution in [0.25, 0.3) is 0 Å². The first-order chi connectivity index (χ1) is 11.4. The van der Waals surface area contributed by atoms with Gasteiger partial charge in [-0.15, -0.1) is 0 Å². The zero-order chi connectivity index (χ0) is 17.3. The lowest BCUT2D eigenvalue weighted by atomic mass is 9.91. The van der Waals surface area contributed by atoms with E-state index in [4.69, 9.17) is 5.10 Å². The molecule has 1 fully saturated rings. The van der Waals surface area contributed by atoms with Crippen molar-refractivity contribution < 1.29 is 4.79 Å². The number of rotatable bonds is 4. The van der Waals surface area contributed by atoms with Crippen molar-refractivity contribution in [1.82, 2.24) is 19.6 Å². The second kappa shape index (κ2) is 7.26. The highest BCUT2D eigenvalue weighted by Gasteiger charge is 2.26. The van der Waals surface area contributed by atoms with Crippen molar-refractivity contribution in [3.63, 3.8) is 0 Å². The maximum absolute atomic E-state index is 12.2. The van der Waals surface area contributed by atoms with Gasteiger partial charge in [-0.3, -0.25) is 9.48 Å². The van der Waals surface area contributed by atoms with E-state index in [1.807, 2.05) is 18.7 Å². The summed E-state index contributed by atoms with van der Waals surface area (Å²) in [5.74, 6) is 1.08. The Morgan fingerprint density at radius 1 is 1.17 bits per heavy atom. The molecule has 0 radical (unpaired) electrons. The smallest absolute Gasteiger partial charge is 0.225 e. The van der Waals surface area contributed by atoms with Gasteiger partial charge in [0.2, 0.25) is 5.91 Å². The first kappa shape index (κ1) is 17.5. The molecule has 2 aliphatic rings. The van der Waals surface area contributed by atoms with E-state index in [2.05, 4.69) is 29.5 Å². The van der Waals surface area contributed by atoms with Crippen molar-refractivity contribution in [2.24, 2.45) is 11.8 Å². The molecular weight excluding hydrogens is 300 g/mol. The van der Waals surface area contributed by atoms with Gasteiger partial charge in [-0.1, -0.05) is 13.8 Å². The molecule has 1 amide bonds. The third-order valence-electron chi connectivity index (χ3n) is 5.53. The predicted molar refractivity (Wildman–Crippen MR) is 95.6 cm³/mol. The Kier molecular flexibility index (Phi) is 5.28. The molecule has 1 aromatic heterocycles. The summed E-state index contributed by atoms with van der Waals surface area (Å²) >= 11 is 0. The summed E-state index contributed by atoms with van der Waals surface area (Å²) in [5, 5.41) is 4.80. The van der Waals surface area contributed by atoms with E-state index >= 15 is 0 Å². The molecule has 3 rings (SSSR count). The highest BCUT2D eigenvalue weighted by molar-refractivity contribution is 5.78. The van der Waals surface area contributed by atoms with Gasteiger partial charge in [-0.05, 0) is 58.2 Å². The number of carbonyl (C=O) groups excluding carboxylic acids is 1. The van der Waals surface area contributed by atoms with Crippen molar-refractivity contribution in [1.29, 1.82) is 0 Å². The topological polar surface area (TPSA) is 41.4 Å². The minimum absolute atomic E-state index is 0.0742. The number of aromatic nitrogens is 2.